The van der Waals surface area contributed by atoms with Crippen LogP contribution in [-0.4, -0.2) is 37.4 Å². The van der Waals surface area contributed by atoms with E-state index >= 15 is 0 Å². The van der Waals surface area contributed by atoms with E-state index in [4.69, 9.17) is 16.3 Å². The fourth-order valence-corrected chi connectivity index (χ4v) is 4.01. The summed E-state index contributed by atoms with van der Waals surface area (Å²) in [6.07, 6.45) is 2.90. The molecule has 0 aliphatic carbocycles. The smallest absolute Gasteiger partial charge is 0.303 e. The molecule has 2 aromatic rings. The zero-order chi connectivity index (χ0) is 20.8. The van der Waals surface area contributed by atoms with Crippen LogP contribution in [0.2, 0.25) is 5.02 Å². The largest absolute Gasteiger partial charge is 0.481 e. The quantitative estimate of drug-likeness (QED) is 0.580. The maximum Gasteiger partial charge on any atom is 0.303 e. The van der Waals surface area contributed by atoms with Crippen LogP contribution < -0.4 is 10.2 Å². The molecular formula is C23H29ClN2O3. The van der Waals surface area contributed by atoms with Crippen molar-refractivity contribution in [1.29, 1.82) is 0 Å². The summed E-state index contributed by atoms with van der Waals surface area (Å²) < 4.78 is 5.51. The fourth-order valence-electron chi connectivity index (χ4n) is 3.88. The maximum absolute atomic E-state index is 11.3. The van der Waals surface area contributed by atoms with Crippen molar-refractivity contribution >= 4 is 34.6 Å². The van der Waals surface area contributed by atoms with Gasteiger partial charge in [-0.1, -0.05) is 24.6 Å². The van der Waals surface area contributed by atoms with E-state index in [1.807, 2.05) is 31.2 Å². The second kappa shape index (κ2) is 9.99. The number of nitrogens with zero attached hydrogens (tertiary/aromatic N) is 1. The highest BCUT2D eigenvalue weighted by atomic mass is 35.5. The van der Waals surface area contributed by atoms with Crippen molar-refractivity contribution < 1.29 is 14.6 Å². The van der Waals surface area contributed by atoms with Crippen molar-refractivity contribution in [2.75, 3.05) is 30.5 Å². The lowest BCUT2D eigenvalue weighted by Gasteiger charge is -2.34. The molecule has 0 amide bonds. The van der Waals surface area contributed by atoms with E-state index in [0.29, 0.717) is 11.1 Å². The molecule has 0 saturated carbocycles. The van der Waals surface area contributed by atoms with Crippen molar-refractivity contribution in [1.82, 2.24) is 0 Å². The van der Waals surface area contributed by atoms with Gasteiger partial charge < -0.3 is 20.1 Å². The molecular weight excluding hydrogens is 388 g/mol. The van der Waals surface area contributed by atoms with Crippen molar-refractivity contribution in [3.63, 3.8) is 0 Å². The minimum absolute atomic E-state index is 0.0132. The van der Waals surface area contributed by atoms with Crippen LogP contribution in [0.5, 0.6) is 0 Å². The first kappa shape index (κ1) is 21.5. The molecule has 2 N–H and O–H groups in total. The van der Waals surface area contributed by atoms with Gasteiger partial charge in [0.1, 0.15) is 0 Å². The van der Waals surface area contributed by atoms with Crippen LogP contribution in [0.15, 0.2) is 42.5 Å². The van der Waals surface area contributed by atoms with Crippen molar-refractivity contribution in [2.24, 2.45) is 0 Å². The molecule has 1 heterocycles. The van der Waals surface area contributed by atoms with Crippen molar-refractivity contribution in [3.8, 4) is 0 Å². The SMILES string of the molecule is CCC(CC(=O)O)c1ccc(N(C)C2CCOCC2)c(Nc2ccc(Cl)cc2)c1. The van der Waals surface area contributed by atoms with Crippen molar-refractivity contribution in [2.45, 2.75) is 44.6 Å². The molecule has 0 bridgehead atoms. The highest BCUT2D eigenvalue weighted by Gasteiger charge is 2.22. The predicted octanol–water partition coefficient (Wildman–Crippen LogP) is 5.67. The molecule has 156 valence electrons. The predicted molar refractivity (Wildman–Crippen MR) is 119 cm³/mol. The second-order valence-corrected chi connectivity index (χ2v) is 8.00. The number of nitrogens with one attached hydrogen (secondary N) is 1. The van der Waals surface area contributed by atoms with Crippen LogP contribution in [0.3, 0.4) is 0 Å². The lowest BCUT2D eigenvalue weighted by molar-refractivity contribution is -0.137. The van der Waals surface area contributed by atoms with Crippen LogP contribution in [0.25, 0.3) is 0 Å². The lowest BCUT2D eigenvalue weighted by atomic mass is 9.92. The molecule has 1 fully saturated rings. The molecule has 0 aromatic heterocycles. The molecule has 1 saturated heterocycles. The normalized spacial score (nSPS) is 15.7. The van der Waals surface area contributed by atoms with E-state index in [-0.39, 0.29) is 12.3 Å². The van der Waals surface area contributed by atoms with E-state index in [1.165, 1.54) is 0 Å². The molecule has 5 nitrogen and oxygen atoms in total. The number of carbonyl (C=O) groups is 1. The summed E-state index contributed by atoms with van der Waals surface area (Å²) in [5.74, 6) is -0.784. The van der Waals surface area contributed by atoms with E-state index in [9.17, 15) is 9.90 Å². The molecule has 29 heavy (non-hydrogen) atoms. The third kappa shape index (κ3) is 5.64. The Morgan fingerprint density at radius 2 is 1.93 bits per heavy atom. The number of carboxylic acid groups (broad SMARTS) is 1. The maximum atomic E-state index is 11.3. The molecule has 1 aliphatic rings. The second-order valence-electron chi connectivity index (χ2n) is 7.57. The third-order valence-electron chi connectivity index (χ3n) is 5.65. The summed E-state index contributed by atoms with van der Waals surface area (Å²) in [4.78, 5) is 13.6. The number of rotatable bonds is 8. The number of halogens is 1. The van der Waals surface area contributed by atoms with Gasteiger partial charge in [0.25, 0.3) is 0 Å². The highest BCUT2D eigenvalue weighted by Crippen LogP contribution is 2.36. The minimum atomic E-state index is -0.771. The molecule has 0 spiro atoms. The molecule has 6 heteroatoms. The first-order chi connectivity index (χ1) is 14.0. The Bertz CT molecular complexity index is 819. The average Bonchev–Trinajstić information content (AvgIpc) is 2.73. The Hall–Kier alpha value is -2.24. The van der Waals surface area contributed by atoms with Gasteiger partial charge in [0.15, 0.2) is 0 Å². The van der Waals surface area contributed by atoms with Crippen LogP contribution in [-0.2, 0) is 9.53 Å². The van der Waals surface area contributed by atoms with Crippen LogP contribution >= 0.6 is 11.6 Å². The summed E-state index contributed by atoms with van der Waals surface area (Å²) >= 11 is 6.03. The van der Waals surface area contributed by atoms with Gasteiger partial charge in [0.05, 0.1) is 17.8 Å². The summed E-state index contributed by atoms with van der Waals surface area (Å²) in [5, 5.41) is 13.5. The van der Waals surface area contributed by atoms with E-state index in [1.54, 1.807) is 0 Å². The van der Waals surface area contributed by atoms with Crippen LogP contribution in [0.4, 0.5) is 17.1 Å². The van der Waals surface area contributed by atoms with Gasteiger partial charge in [-0.2, -0.15) is 0 Å². The summed E-state index contributed by atoms with van der Waals surface area (Å²) in [5.41, 5.74) is 4.05. The number of benzene rings is 2. The Morgan fingerprint density at radius 1 is 1.24 bits per heavy atom. The van der Waals surface area contributed by atoms with Gasteiger partial charge >= 0.3 is 5.97 Å². The Morgan fingerprint density at radius 3 is 2.55 bits per heavy atom. The summed E-state index contributed by atoms with van der Waals surface area (Å²) in [7, 11) is 2.12. The fraction of sp³-hybridized carbons (Fsp3) is 0.435. The first-order valence-electron chi connectivity index (χ1n) is 10.2. The zero-order valence-corrected chi connectivity index (χ0v) is 17.8. The number of carboxylic acids is 1. The monoisotopic (exact) mass is 416 g/mol. The van der Waals surface area contributed by atoms with Crippen LogP contribution in [0, 0.1) is 0 Å². The molecule has 2 aromatic carbocycles. The molecule has 1 atom stereocenters. The lowest BCUT2D eigenvalue weighted by Crippen LogP contribution is -2.37. The highest BCUT2D eigenvalue weighted by molar-refractivity contribution is 6.30. The van der Waals surface area contributed by atoms with E-state index in [2.05, 4.69) is 35.5 Å². The number of ether oxygens (including phenoxy) is 1. The molecule has 1 unspecified atom stereocenters. The van der Waals surface area contributed by atoms with Crippen molar-refractivity contribution in [3.05, 3.63) is 53.1 Å². The van der Waals surface area contributed by atoms with Gasteiger partial charge in [-0.15, -0.1) is 0 Å². The molecule has 1 aliphatic heterocycles. The van der Waals surface area contributed by atoms with E-state index < -0.39 is 5.97 Å². The summed E-state index contributed by atoms with van der Waals surface area (Å²) in [6, 6.07) is 14.3. The topological polar surface area (TPSA) is 61.8 Å². The number of anilines is 3. The minimum Gasteiger partial charge on any atom is -0.481 e. The average molecular weight is 417 g/mol. The molecule has 3 rings (SSSR count). The summed E-state index contributed by atoms with van der Waals surface area (Å²) in [6.45, 7) is 3.59. The van der Waals surface area contributed by atoms with E-state index in [0.717, 1.165) is 55.1 Å². The Balaban J connectivity index is 1.94. The number of hydrogen-bond donors (Lipinski definition) is 2. The zero-order valence-electron chi connectivity index (χ0n) is 17.0. The Kier molecular flexibility index (Phi) is 7.40. The number of aliphatic carboxylic acids is 1. The molecule has 0 radical (unpaired) electrons. The van der Waals surface area contributed by atoms with Gasteiger partial charge in [-0.05, 0) is 67.1 Å². The standard InChI is InChI=1S/C23H29ClN2O3/c1-3-16(15-23(27)28)17-4-9-22(26(2)20-10-12-29-13-11-20)21(14-17)25-19-7-5-18(24)6-8-19/h4-9,14,16,20,25H,3,10-13,15H2,1-2H3,(H,27,28). The van der Waals surface area contributed by atoms with Gasteiger partial charge in [0.2, 0.25) is 0 Å². The Labute approximate surface area is 177 Å². The first-order valence-corrected chi connectivity index (χ1v) is 10.5. The third-order valence-corrected chi connectivity index (χ3v) is 5.90. The van der Waals surface area contributed by atoms with Gasteiger partial charge in [0, 0.05) is 37.0 Å². The van der Waals surface area contributed by atoms with Gasteiger partial charge in [-0.25, -0.2) is 0 Å². The van der Waals surface area contributed by atoms with Gasteiger partial charge in [-0.3, -0.25) is 4.79 Å². The number of hydrogen-bond acceptors (Lipinski definition) is 4. The van der Waals surface area contributed by atoms with Crippen LogP contribution in [0.1, 0.15) is 44.1 Å².